The molecule has 0 saturated carbocycles. The van der Waals surface area contributed by atoms with Gasteiger partial charge in [-0.1, -0.05) is 6.07 Å². The molecular formula is C14H20F2N2O2S. The van der Waals surface area contributed by atoms with E-state index < -0.39 is 21.7 Å². The third-order valence-corrected chi connectivity index (χ3v) is 5.14. The van der Waals surface area contributed by atoms with Gasteiger partial charge in [-0.3, -0.25) is 0 Å². The Morgan fingerprint density at radius 2 is 1.90 bits per heavy atom. The van der Waals surface area contributed by atoms with Crippen molar-refractivity contribution in [2.24, 2.45) is 0 Å². The van der Waals surface area contributed by atoms with Crippen LogP contribution in [-0.2, 0) is 10.0 Å². The first-order chi connectivity index (χ1) is 9.77. The summed E-state index contributed by atoms with van der Waals surface area (Å²) in [5.74, 6) is -1.16. The summed E-state index contributed by atoms with van der Waals surface area (Å²) in [7, 11) is -3.14. The molecule has 1 aromatic rings. The van der Waals surface area contributed by atoms with E-state index in [1.807, 2.05) is 6.92 Å². The van der Waals surface area contributed by atoms with Crippen LogP contribution in [0.25, 0.3) is 0 Å². The van der Waals surface area contributed by atoms with E-state index in [-0.39, 0.29) is 12.1 Å². The van der Waals surface area contributed by atoms with Crippen molar-refractivity contribution in [1.29, 1.82) is 0 Å². The third-order valence-electron chi connectivity index (χ3n) is 3.84. The van der Waals surface area contributed by atoms with Gasteiger partial charge in [-0.2, -0.15) is 0 Å². The molecule has 0 spiro atoms. The van der Waals surface area contributed by atoms with E-state index in [0.29, 0.717) is 31.5 Å². The molecule has 4 nitrogen and oxygen atoms in total. The Kier molecular flexibility index (Phi) is 4.95. The fraction of sp³-hybridized carbons (Fsp3) is 0.571. The largest absolute Gasteiger partial charge is 0.307 e. The zero-order valence-electron chi connectivity index (χ0n) is 12.1. The molecule has 0 aliphatic carbocycles. The lowest BCUT2D eigenvalue weighted by molar-refractivity contribution is 0.277. The van der Waals surface area contributed by atoms with Gasteiger partial charge in [-0.15, -0.1) is 0 Å². The number of hydrogen-bond donors (Lipinski definition) is 1. The Bertz CT molecular complexity index is 599. The van der Waals surface area contributed by atoms with E-state index in [2.05, 4.69) is 5.32 Å². The molecule has 118 valence electrons. The molecule has 2 rings (SSSR count). The van der Waals surface area contributed by atoms with Crippen molar-refractivity contribution in [3.63, 3.8) is 0 Å². The predicted molar refractivity (Wildman–Crippen MR) is 77.3 cm³/mol. The average molecular weight is 318 g/mol. The zero-order valence-corrected chi connectivity index (χ0v) is 13.0. The topological polar surface area (TPSA) is 49.4 Å². The van der Waals surface area contributed by atoms with E-state index in [1.165, 1.54) is 22.7 Å². The highest BCUT2D eigenvalue weighted by molar-refractivity contribution is 7.88. The molecule has 21 heavy (non-hydrogen) atoms. The second-order valence-electron chi connectivity index (χ2n) is 5.49. The maximum atomic E-state index is 13.7. The molecule has 0 aromatic heterocycles. The predicted octanol–water partition coefficient (Wildman–Crippen LogP) is 2.04. The standard InChI is InChI=1S/C14H20F2N2O2S/c1-10(13-4-3-11(15)9-14(13)16)17-12-5-7-18(8-6-12)21(2,19)20/h3-4,9-10,12,17H,5-8H2,1-2H3. The zero-order chi connectivity index (χ0) is 15.6. The quantitative estimate of drug-likeness (QED) is 0.924. The summed E-state index contributed by atoms with van der Waals surface area (Å²) in [5, 5.41) is 3.28. The first-order valence-electron chi connectivity index (χ1n) is 6.93. The van der Waals surface area contributed by atoms with Gasteiger partial charge in [0.05, 0.1) is 6.26 Å². The van der Waals surface area contributed by atoms with Crippen molar-refractivity contribution in [1.82, 2.24) is 9.62 Å². The molecule has 0 amide bonds. The fourth-order valence-corrected chi connectivity index (χ4v) is 3.52. The smallest absolute Gasteiger partial charge is 0.211 e. The molecule has 1 unspecified atom stereocenters. The monoisotopic (exact) mass is 318 g/mol. The van der Waals surface area contributed by atoms with Crippen molar-refractivity contribution >= 4 is 10.0 Å². The van der Waals surface area contributed by atoms with Gasteiger partial charge in [-0.25, -0.2) is 21.5 Å². The number of piperidine rings is 1. The van der Waals surface area contributed by atoms with Crippen LogP contribution in [0.15, 0.2) is 18.2 Å². The highest BCUT2D eigenvalue weighted by atomic mass is 32.2. The molecule has 1 N–H and O–H groups in total. The fourth-order valence-electron chi connectivity index (χ4n) is 2.65. The van der Waals surface area contributed by atoms with Gasteiger partial charge >= 0.3 is 0 Å². The summed E-state index contributed by atoms with van der Waals surface area (Å²) < 4.78 is 50.9. The molecule has 1 atom stereocenters. The van der Waals surface area contributed by atoms with E-state index in [4.69, 9.17) is 0 Å². The number of nitrogens with zero attached hydrogens (tertiary/aromatic N) is 1. The summed E-state index contributed by atoms with van der Waals surface area (Å²) >= 11 is 0. The van der Waals surface area contributed by atoms with Crippen LogP contribution in [0.2, 0.25) is 0 Å². The van der Waals surface area contributed by atoms with Crippen LogP contribution < -0.4 is 5.32 Å². The second-order valence-corrected chi connectivity index (χ2v) is 7.47. The van der Waals surface area contributed by atoms with Crippen molar-refractivity contribution in [3.8, 4) is 0 Å². The first kappa shape index (κ1) is 16.3. The number of sulfonamides is 1. The number of rotatable bonds is 4. The highest BCUT2D eigenvalue weighted by Gasteiger charge is 2.26. The molecule has 1 fully saturated rings. The minimum absolute atomic E-state index is 0.127. The maximum absolute atomic E-state index is 13.7. The van der Waals surface area contributed by atoms with Gasteiger partial charge < -0.3 is 5.32 Å². The van der Waals surface area contributed by atoms with Crippen LogP contribution in [0.3, 0.4) is 0 Å². The molecule has 0 bridgehead atoms. The maximum Gasteiger partial charge on any atom is 0.211 e. The van der Waals surface area contributed by atoms with Crippen LogP contribution in [0, 0.1) is 11.6 Å². The van der Waals surface area contributed by atoms with Crippen LogP contribution in [0.5, 0.6) is 0 Å². The van der Waals surface area contributed by atoms with Gasteiger partial charge in [0.25, 0.3) is 0 Å². The first-order valence-corrected chi connectivity index (χ1v) is 8.78. The molecule has 1 aliphatic rings. The van der Waals surface area contributed by atoms with Crippen LogP contribution in [0.1, 0.15) is 31.4 Å². The number of halogens is 2. The van der Waals surface area contributed by atoms with E-state index in [0.717, 1.165) is 6.07 Å². The highest BCUT2D eigenvalue weighted by Crippen LogP contribution is 2.21. The molecule has 1 heterocycles. The summed E-state index contributed by atoms with van der Waals surface area (Å²) in [5.41, 5.74) is 0.418. The van der Waals surface area contributed by atoms with Gasteiger partial charge in [0, 0.05) is 36.8 Å². The number of hydrogen-bond acceptors (Lipinski definition) is 3. The summed E-state index contributed by atoms with van der Waals surface area (Å²) in [4.78, 5) is 0. The number of nitrogens with one attached hydrogen (secondary N) is 1. The van der Waals surface area contributed by atoms with Crippen LogP contribution in [-0.4, -0.2) is 38.1 Å². The second kappa shape index (κ2) is 6.37. The van der Waals surface area contributed by atoms with Gasteiger partial charge in [0.2, 0.25) is 10.0 Å². The summed E-state index contributed by atoms with van der Waals surface area (Å²) in [6.45, 7) is 2.75. The molecular weight excluding hydrogens is 298 g/mol. The Hall–Kier alpha value is -1.05. The van der Waals surface area contributed by atoms with Crippen molar-refractivity contribution < 1.29 is 17.2 Å². The minimum Gasteiger partial charge on any atom is -0.307 e. The molecule has 7 heteroatoms. The normalized spacial score (nSPS) is 19.6. The molecule has 1 saturated heterocycles. The van der Waals surface area contributed by atoms with Crippen molar-refractivity contribution in [3.05, 3.63) is 35.4 Å². The third kappa shape index (κ3) is 4.21. The van der Waals surface area contributed by atoms with Crippen LogP contribution in [0.4, 0.5) is 8.78 Å². The summed E-state index contributed by atoms with van der Waals surface area (Å²) in [6.07, 6.45) is 2.57. The van der Waals surface area contributed by atoms with E-state index >= 15 is 0 Å². The Balaban J connectivity index is 1.94. The van der Waals surface area contributed by atoms with Crippen molar-refractivity contribution in [2.45, 2.75) is 31.8 Å². The summed E-state index contributed by atoms with van der Waals surface area (Å²) in [6, 6.07) is 3.43. The van der Waals surface area contributed by atoms with Gasteiger partial charge in [-0.05, 0) is 25.8 Å². The van der Waals surface area contributed by atoms with Gasteiger partial charge in [0.1, 0.15) is 11.6 Å². The molecule has 0 radical (unpaired) electrons. The van der Waals surface area contributed by atoms with Gasteiger partial charge in [0.15, 0.2) is 0 Å². The lowest BCUT2D eigenvalue weighted by Gasteiger charge is -2.32. The minimum atomic E-state index is -3.14. The lowest BCUT2D eigenvalue weighted by Crippen LogP contribution is -2.45. The van der Waals surface area contributed by atoms with E-state index in [9.17, 15) is 17.2 Å². The molecule has 1 aliphatic heterocycles. The molecule has 1 aromatic carbocycles. The Morgan fingerprint density at radius 3 is 2.43 bits per heavy atom. The van der Waals surface area contributed by atoms with Crippen LogP contribution >= 0.6 is 0 Å². The lowest BCUT2D eigenvalue weighted by atomic mass is 10.0. The number of benzene rings is 1. The SMILES string of the molecule is CC(NC1CCN(S(C)(=O)=O)CC1)c1ccc(F)cc1F. The average Bonchev–Trinajstić information content (AvgIpc) is 2.38. The Labute approximate surface area is 124 Å². The Morgan fingerprint density at radius 1 is 1.29 bits per heavy atom. The van der Waals surface area contributed by atoms with E-state index in [1.54, 1.807) is 0 Å². The van der Waals surface area contributed by atoms with Crippen molar-refractivity contribution in [2.75, 3.05) is 19.3 Å².